The minimum absolute atomic E-state index is 0.0248. The fourth-order valence-electron chi connectivity index (χ4n) is 3.15. The number of thiophene rings is 1. The molecule has 9 nitrogen and oxygen atoms in total. The number of non-ortho nitro benzene ring substituents is 1. The second kappa shape index (κ2) is 8.72. The van der Waals surface area contributed by atoms with Crippen molar-refractivity contribution in [1.82, 2.24) is 5.32 Å². The lowest BCUT2D eigenvalue weighted by Gasteiger charge is -2.33. The van der Waals surface area contributed by atoms with Crippen LogP contribution in [0.5, 0.6) is 0 Å². The number of primary amides is 2. The van der Waals surface area contributed by atoms with Gasteiger partial charge in [0.2, 0.25) is 0 Å². The highest BCUT2D eigenvalue weighted by atomic mass is 32.1. The Bertz CT molecular complexity index is 1000. The van der Waals surface area contributed by atoms with Gasteiger partial charge in [0.05, 0.1) is 21.5 Å². The number of benzene rings is 1. The molecule has 1 aliphatic heterocycles. The summed E-state index contributed by atoms with van der Waals surface area (Å²) in [7, 11) is 0. The topological polar surface area (TPSA) is 145 Å². The highest BCUT2D eigenvalue weighted by Gasteiger charge is 2.29. The van der Waals surface area contributed by atoms with Crippen LogP contribution in [0, 0.1) is 22.0 Å². The van der Waals surface area contributed by atoms with Crippen LogP contribution in [0.3, 0.4) is 0 Å². The van der Waals surface area contributed by atoms with Gasteiger partial charge in [-0.3, -0.25) is 19.8 Å². The number of piperidine rings is 1. The molecular formula is C19H19N5O4S. The van der Waals surface area contributed by atoms with E-state index in [4.69, 9.17) is 11.5 Å². The minimum Gasteiger partial charge on any atom is -0.365 e. The third-order valence-corrected chi connectivity index (χ3v) is 5.53. The molecule has 10 heteroatoms. The van der Waals surface area contributed by atoms with Crippen molar-refractivity contribution in [2.45, 2.75) is 18.9 Å². The molecule has 3 amide bonds. The molecule has 0 unspecified atom stereocenters. The molecule has 5 N–H and O–H groups in total. The molecule has 150 valence electrons. The van der Waals surface area contributed by atoms with Gasteiger partial charge < -0.3 is 16.8 Å². The van der Waals surface area contributed by atoms with Crippen LogP contribution >= 0.6 is 11.3 Å². The first-order chi connectivity index (χ1) is 13.9. The van der Waals surface area contributed by atoms with Crippen LogP contribution in [-0.2, 0) is 0 Å². The summed E-state index contributed by atoms with van der Waals surface area (Å²) in [6.45, 7) is 1.43. The number of carbonyl (C=O) groups excluding carboxylic acids is 2. The predicted molar refractivity (Wildman–Crippen MR) is 110 cm³/mol. The maximum Gasteiger partial charge on any atom is 0.319 e. The number of nitrogens with two attached hydrogens (primary N) is 2. The van der Waals surface area contributed by atoms with Crippen LogP contribution in [0.2, 0.25) is 0 Å². The van der Waals surface area contributed by atoms with E-state index in [0.29, 0.717) is 22.7 Å². The normalized spacial score (nSPS) is 15.8. The Morgan fingerprint density at radius 3 is 2.52 bits per heavy atom. The summed E-state index contributed by atoms with van der Waals surface area (Å²) in [5.41, 5.74) is 12.0. The number of nitro benzene ring substituents is 1. The molecule has 1 saturated heterocycles. The van der Waals surface area contributed by atoms with Crippen LogP contribution in [0.15, 0.2) is 30.3 Å². The van der Waals surface area contributed by atoms with Crippen molar-refractivity contribution in [3.05, 3.63) is 55.8 Å². The van der Waals surface area contributed by atoms with Gasteiger partial charge in [-0.2, -0.15) is 0 Å². The highest BCUT2D eigenvalue weighted by molar-refractivity contribution is 7.15. The number of carbonyl (C=O) groups is 2. The number of hydrogen-bond acceptors (Lipinski definition) is 6. The van der Waals surface area contributed by atoms with Gasteiger partial charge in [-0.25, -0.2) is 4.79 Å². The number of nitrogens with one attached hydrogen (secondary N) is 1. The molecule has 29 heavy (non-hydrogen) atoms. The van der Waals surface area contributed by atoms with E-state index >= 15 is 0 Å². The second-order valence-corrected chi connectivity index (χ2v) is 7.50. The SMILES string of the molecule is NC(=O)c1sc(C#Cc2ccc([N+](=O)[O-])cc2)cc1N(C(N)=O)[C@H]1CCCNC1. The van der Waals surface area contributed by atoms with Crippen molar-refractivity contribution in [2.75, 3.05) is 18.0 Å². The first-order valence-electron chi connectivity index (χ1n) is 8.86. The maximum atomic E-state index is 12.1. The summed E-state index contributed by atoms with van der Waals surface area (Å²) in [5, 5.41) is 13.9. The fraction of sp³-hybridized carbons (Fsp3) is 0.263. The number of rotatable bonds is 4. The van der Waals surface area contributed by atoms with Crippen LogP contribution in [0.4, 0.5) is 16.2 Å². The zero-order valence-electron chi connectivity index (χ0n) is 15.4. The summed E-state index contributed by atoms with van der Waals surface area (Å²) < 4.78 is 0. The van der Waals surface area contributed by atoms with Gasteiger partial charge in [0.15, 0.2) is 0 Å². The van der Waals surface area contributed by atoms with Gasteiger partial charge >= 0.3 is 6.03 Å². The fourth-order valence-corrected chi connectivity index (χ4v) is 4.00. The van der Waals surface area contributed by atoms with Crippen LogP contribution in [0.1, 0.15) is 33.0 Å². The van der Waals surface area contributed by atoms with E-state index in [0.717, 1.165) is 30.7 Å². The zero-order valence-corrected chi connectivity index (χ0v) is 16.2. The molecule has 0 aliphatic carbocycles. The molecule has 0 radical (unpaired) electrons. The molecule has 1 fully saturated rings. The van der Waals surface area contributed by atoms with Crippen LogP contribution in [0.25, 0.3) is 0 Å². The summed E-state index contributed by atoms with van der Waals surface area (Å²) in [6, 6.07) is 6.60. The molecule has 1 aromatic carbocycles. The molecule has 1 aromatic heterocycles. The number of urea groups is 1. The van der Waals surface area contributed by atoms with Gasteiger partial charge in [0.1, 0.15) is 4.88 Å². The van der Waals surface area contributed by atoms with Crippen LogP contribution < -0.4 is 21.7 Å². The number of nitro groups is 1. The highest BCUT2D eigenvalue weighted by Crippen LogP contribution is 2.32. The standard InChI is InChI=1S/C19H19N5O4S/c20-18(25)17-16(23(19(21)26)14-2-1-9-22-11-14)10-15(29-17)8-5-12-3-6-13(7-4-12)24(27)28/h3-4,6-7,10,14,22H,1-2,9,11H2,(H2,20,25)(H2,21,26)/t14-/m0/s1. The van der Waals surface area contributed by atoms with Crippen LogP contribution in [-0.4, -0.2) is 36.0 Å². The summed E-state index contributed by atoms with van der Waals surface area (Å²) in [6.07, 6.45) is 1.64. The maximum absolute atomic E-state index is 12.1. The van der Waals surface area contributed by atoms with E-state index in [1.165, 1.54) is 29.2 Å². The van der Waals surface area contributed by atoms with Crippen molar-refractivity contribution >= 4 is 34.6 Å². The van der Waals surface area contributed by atoms with Crippen molar-refractivity contribution in [2.24, 2.45) is 11.5 Å². The molecular weight excluding hydrogens is 394 g/mol. The predicted octanol–water partition coefficient (Wildman–Crippen LogP) is 1.79. The third-order valence-electron chi connectivity index (χ3n) is 4.48. The van der Waals surface area contributed by atoms with Crippen molar-refractivity contribution in [3.63, 3.8) is 0 Å². The van der Waals surface area contributed by atoms with E-state index in [1.807, 2.05) is 0 Å². The van der Waals surface area contributed by atoms with Gasteiger partial charge in [0, 0.05) is 24.2 Å². The Kier molecular flexibility index (Phi) is 6.11. The minimum atomic E-state index is -0.664. The van der Waals surface area contributed by atoms with Crippen molar-refractivity contribution in [1.29, 1.82) is 0 Å². The molecule has 2 heterocycles. The molecule has 1 atom stereocenters. The van der Waals surface area contributed by atoms with Gasteiger partial charge in [-0.15, -0.1) is 11.3 Å². The van der Waals surface area contributed by atoms with Crippen molar-refractivity contribution in [3.8, 4) is 11.8 Å². The largest absolute Gasteiger partial charge is 0.365 e. The van der Waals surface area contributed by atoms with E-state index in [1.54, 1.807) is 6.07 Å². The summed E-state index contributed by atoms with van der Waals surface area (Å²) >= 11 is 1.08. The Morgan fingerprint density at radius 1 is 1.24 bits per heavy atom. The molecule has 1 aliphatic rings. The second-order valence-electron chi connectivity index (χ2n) is 6.45. The first-order valence-corrected chi connectivity index (χ1v) is 9.68. The third kappa shape index (κ3) is 4.71. The summed E-state index contributed by atoms with van der Waals surface area (Å²) in [4.78, 5) is 36.5. The quantitative estimate of drug-likeness (QED) is 0.397. The van der Waals surface area contributed by atoms with E-state index in [-0.39, 0.29) is 16.6 Å². The number of amides is 3. The molecule has 3 rings (SSSR count). The van der Waals surface area contributed by atoms with Crippen molar-refractivity contribution < 1.29 is 14.5 Å². The molecule has 0 spiro atoms. The van der Waals surface area contributed by atoms with Gasteiger partial charge in [0.25, 0.3) is 11.6 Å². The molecule has 2 aromatic rings. The molecule has 0 saturated carbocycles. The lowest BCUT2D eigenvalue weighted by atomic mass is 10.1. The number of nitrogens with zero attached hydrogens (tertiary/aromatic N) is 2. The lowest BCUT2D eigenvalue weighted by molar-refractivity contribution is -0.384. The molecule has 0 bridgehead atoms. The average molecular weight is 413 g/mol. The smallest absolute Gasteiger partial charge is 0.319 e. The monoisotopic (exact) mass is 413 g/mol. The van der Waals surface area contributed by atoms with E-state index in [9.17, 15) is 19.7 Å². The Labute approximate surface area is 170 Å². The van der Waals surface area contributed by atoms with E-state index in [2.05, 4.69) is 17.2 Å². The average Bonchev–Trinajstić information content (AvgIpc) is 3.11. The first kappa shape index (κ1) is 20.3. The number of hydrogen-bond donors (Lipinski definition) is 3. The lowest BCUT2D eigenvalue weighted by Crippen LogP contribution is -2.51. The van der Waals surface area contributed by atoms with Gasteiger partial charge in [-0.05, 0) is 37.6 Å². The summed E-state index contributed by atoms with van der Waals surface area (Å²) in [5.74, 6) is 5.15. The number of anilines is 1. The van der Waals surface area contributed by atoms with E-state index < -0.39 is 16.9 Å². The Balaban J connectivity index is 1.93. The Hall–Kier alpha value is -3.42. The Morgan fingerprint density at radius 2 is 1.97 bits per heavy atom. The van der Waals surface area contributed by atoms with Gasteiger partial charge in [-0.1, -0.05) is 11.8 Å². The zero-order chi connectivity index (χ0) is 21.0.